The zero-order valence-corrected chi connectivity index (χ0v) is 14.4. The van der Waals surface area contributed by atoms with Gasteiger partial charge < -0.3 is 9.47 Å². The van der Waals surface area contributed by atoms with Crippen LogP contribution in [0.15, 0.2) is 29.2 Å². The summed E-state index contributed by atoms with van der Waals surface area (Å²) in [5, 5.41) is 0. The molecule has 2 fully saturated rings. The van der Waals surface area contributed by atoms with Crippen LogP contribution in [-0.2, 0) is 14.8 Å². The van der Waals surface area contributed by atoms with Gasteiger partial charge in [0.05, 0.1) is 24.2 Å². The molecule has 2 saturated heterocycles. The summed E-state index contributed by atoms with van der Waals surface area (Å²) in [4.78, 5) is 2.59. The number of nitrogens with one attached hydrogen (secondary N) is 1. The summed E-state index contributed by atoms with van der Waals surface area (Å²) in [6, 6.07) is 6.79. The van der Waals surface area contributed by atoms with Crippen LogP contribution < -0.4 is 9.46 Å². The fourth-order valence-corrected chi connectivity index (χ4v) is 4.53. The zero-order valence-electron chi connectivity index (χ0n) is 13.6. The molecular formula is C16H24N2O4S. The molecule has 0 aliphatic carbocycles. The molecule has 0 radical (unpaired) electrons. The van der Waals surface area contributed by atoms with Crippen LogP contribution in [0, 0.1) is 0 Å². The summed E-state index contributed by atoms with van der Waals surface area (Å²) >= 11 is 0. The van der Waals surface area contributed by atoms with Crippen LogP contribution in [-0.4, -0.2) is 57.8 Å². The van der Waals surface area contributed by atoms with Gasteiger partial charge in [-0.3, -0.25) is 4.90 Å². The Balaban J connectivity index is 1.64. The first-order valence-electron chi connectivity index (χ1n) is 8.09. The highest BCUT2D eigenvalue weighted by Gasteiger charge is 2.37. The van der Waals surface area contributed by atoms with Crippen molar-refractivity contribution < 1.29 is 17.9 Å². The van der Waals surface area contributed by atoms with Gasteiger partial charge in [-0.25, -0.2) is 13.1 Å². The Morgan fingerprint density at radius 2 is 2.04 bits per heavy atom. The van der Waals surface area contributed by atoms with E-state index in [0.717, 1.165) is 19.5 Å². The van der Waals surface area contributed by atoms with E-state index in [1.165, 1.54) is 0 Å². The van der Waals surface area contributed by atoms with Crippen LogP contribution in [0.1, 0.15) is 20.3 Å². The molecule has 6 nitrogen and oxygen atoms in total. The van der Waals surface area contributed by atoms with Gasteiger partial charge in [-0.1, -0.05) is 0 Å². The van der Waals surface area contributed by atoms with E-state index in [0.29, 0.717) is 25.0 Å². The zero-order chi connectivity index (χ0) is 16.4. The number of rotatable bonds is 5. The maximum absolute atomic E-state index is 12.5. The average molecular weight is 340 g/mol. The predicted molar refractivity (Wildman–Crippen MR) is 87.1 cm³/mol. The fourth-order valence-electron chi connectivity index (χ4n) is 3.29. The Bertz CT molecular complexity index is 632. The van der Waals surface area contributed by atoms with Gasteiger partial charge in [0.15, 0.2) is 0 Å². The molecule has 2 aliphatic heterocycles. The molecule has 0 spiro atoms. The van der Waals surface area contributed by atoms with Crippen molar-refractivity contribution >= 4 is 10.0 Å². The van der Waals surface area contributed by atoms with Gasteiger partial charge in [0, 0.05) is 25.2 Å². The number of morpholine rings is 1. The molecule has 2 heterocycles. The lowest BCUT2D eigenvalue weighted by Crippen LogP contribution is -2.45. The topological polar surface area (TPSA) is 67.9 Å². The van der Waals surface area contributed by atoms with Crippen LogP contribution in [0.25, 0.3) is 0 Å². The van der Waals surface area contributed by atoms with Gasteiger partial charge >= 0.3 is 0 Å². The number of fused-ring (bicyclic) bond motifs is 1. The molecular weight excluding hydrogens is 316 g/mol. The highest BCUT2D eigenvalue weighted by atomic mass is 32.2. The van der Waals surface area contributed by atoms with Gasteiger partial charge in [0.25, 0.3) is 0 Å². The number of hydrogen-bond donors (Lipinski definition) is 1. The summed E-state index contributed by atoms with van der Waals surface area (Å²) in [7, 11) is -3.50. The molecule has 2 aliphatic rings. The monoisotopic (exact) mass is 340 g/mol. The summed E-state index contributed by atoms with van der Waals surface area (Å²) < 4.78 is 38.9. The molecule has 1 N–H and O–H groups in total. The van der Waals surface area contributed by atoms with Crippen molar-refractivity contribution in [2.24, 2.45) is 0 Å². The highest BCUT2D eigenvalue weighted by Crippen LogP contribution is 2.24. The molecule has 0 amide bonds. The molecule has 1 aromatic carbocycles. The lowest BCUT2D eigenvalue weighted by Gasteiger charge is -2.33. The SMILES string of the molecule is CCOc1ccc(S(=O)(=O)N[C@H]2C[C@H]3CO[C@@H](C)CN3C2)cc1. The minimum atomic E-state index is -3.50. The van der Waals surface area contributed by atoms with Crippen molar-refractivity contribution in [3.05, 3.63) is 24.3 Å². The summed E-state index contributed by atoms with van der Waals surface area (Å²) in [5.41, 5.74) is 0. The van der Waals surface area contributed by atoms with Crippen LogP contribution in [0.2, 0.25) is 0 Å². The number of hydrogen-bond acceptors (Lipinski definition) is 5. The minimum Gasteiger partial charge on any atom is -0.494 e. The number of sulfonamides is 1. The van der Waals surface area contributed by atoms with Gasteiger partial charge in [-0.05, 0) is 44.5 Å². The summed E-state index contributed by atoms with van der Waals surface area (Å²) in [6.07, 6.45) is 1.01. The van der Waals surface area contributed by atoms with E-state index < -0.39 is 10.0 Å². The lowest BCUT2D eigenvalue weighted by molar-refractivity contribution is -0.0390. The molecule has 0 saturated carbocycles. The molecule has 3 atom stereocenters. The third-order valence-corrected chi connectivity index (χ3v) is 5.90. The van der Waals surface area contributed by atoms with Crippen molar-refractivity contribution in [2.45, 2.75) is 43.4 Å². The molecule has 0 bridgehead atoms. The molecule has 0 unspecified atom stereocenters. The van der Waals surface area contributed by atoms with E-state index in [4.69, 9.17) is 9.47 Å². The molecule has 3 rings (SSSR count). The number of benzene rings is 1. The Hall–Kier alpha value is -1.15. The van der Waals surface area contributed by atoms with E-state index in [1.807, 2.05) is 13.8 Å². The highest BCUT2D eigenvalue weighted by molar-refractivity contribution is 7.89. The second-order valence-electron chi connectivity index (χ2n) is 6.21. The maximum Gasteiger partial charge on any atom is 0.240 e. The standard InChI is InChI=1S/C16H24N2O4S/c1-3-21-15-4-6-16(7-5-15)23(19,20)17-13-8-14-11-22-12(2)9-18(14)10-13/h4-7,12-14,17H,3,8-11H2,1-2H3/t12-,13-,14-/m0/s1. The first-order valence-corrected chi connectivity index (χ1v) is 9.57. The van der Waals surface area contributed by atoms with Crippen LogP contribution in [0.5, 0.6) is 5.75 Å². The maximum atomic E-state index is 12.5. The Kier molecular flexibility index (Phi) is 4.91. The van der Waals surface area contributed by atoms with Gasteiger partial charge in [0.2, 0.25) is 10.0 Å². The Morgan fingerprint density at radius 1 is 1.30 bits per heavy atom. The van der Waals surface area contributed by atoms with E-state index in [-0.39, 0.29) is 17.0 Å². The lowest BCUT2D eigenvalue weighted by atomic mass is 10.2. The van der Waals surface area contributed by atoms with Crippen LogP contribution >= 0.6 is 0 Å². The molecule has 23 heavy (non-hydrogen) atoms. The largest absolute Gasteiger partial charge is 0.494 e. The predicted octanol–water partition coefficient (Wildman–Crippen LogP) is 1.23. The third kappa shape index (κ3) is 3.85. The fraction of sp³-hybridized carbons (Fsp3) is 0.625. The van der Waals surface area contributed by atoms with Crippen molar-refractivity contribution in [3.8, 4) is 5.75 Å². The van der Waals surface area contributed by atoms with E-state index in [1.54, 1.807) is 24.3 Å². The Morgan fingerprint density at radius 3 is 2.74 bits per heavy atom. The minimum absolute atomic E-state index is 0.0644. The van der Waals surface area contributed by atoms with Crippen molar-refractivity contribution in [3.63, 3.8) is 0 Å². The van der Waals surface area contributed by atoms with E-state index in [9.17, 15) is 8.42 Å². The van der Waals surface area contributed by atoms with Gasteiger partial charge in [-0.2, -0.15) is 0 Å². The average Bonchev–Trinajstić information content (AvgIpc) is 2.88. The van der Waals surface area contributed by atoms with Crippen molar-refractivity contribution in [1.29, 1.82) is 0 Å². The van der Waals surface area contributed by atoms with Crippen molar-refractivity contribution in [2.75, 3.05) is 26.3 Å². The normalized spacial score (nSPS) is 28.5. The second kappa shape index (κ2) is 6.76. The van der Waals surface area contributed by atoms with Crippen LogP contribution in [0.4, 0.5) is 0 Å². The number of nitrogens with zero attached hydrogens (tertiary/aromatic N) is 1. The quantitative estimate of drug-likeness (QED) is 0.873. The smallest absolute Gasteiger partial charge is 0.240 e. The second-order valence-corrected chi connectivity index (χ2v) is 7.92. The Labute approximate surface area is 137 Å². The first kappa shape index (κ1) is 16.7. The van der Waals surface area contributed by atoms with Gasteiger partial charge in [0.1, 0.15) is 5.75 Å². The molecule has 7 heteroatoms. The molecule has 0 aromatic heterocycles. The van der Waals surface area contributed by atoms with Crippen LogP contribution in [0.3, 0.4) is 0 Å². The first-order chi connectivity index (χ1) is 11.0. The molecule has 1 aromatic rings. The summed E-state index contributed by atoms with van der Waals surface area (Å²) in [6.45, 7) is 6.80. The van der Waals surface area contributed by atoms with E-state index >= 15 is 0 Å². The van der Waals surface area contributed by atoms with Gasteiger partial charge in [-0.15, -0.1) is 0 Å². The summed E-state index contributed by atoms with van der Waals surface area (Å²) in [5.74, 6) is 0.676. The van der Waals surface area contributed by atoms with Crippen molar-refractivity contribution in [1.82, 2.24) is 9.62 Å². The number of ether oxygens (including phenoxy) is 2. The molecule has 128 valence electrons. The third-order valence-electron chi connectivity index (χ3n) is 4.36. The van der Waals surface area contributed by atoms with E-state index in [2.05, 4.69) is 9.62 Å².